The lowest BCUT2D eigenvalue weighted by Gasteiger charge is -1.84. The third-order valence-corrected chi connectivity index (χ3v) is 0.854. The van der Waals surface area contributed by atoms with Gasteiger partial charge in [0.2, 0.25) is 5.43 Å². The minimum absolute atomic E-state index is 0. The number of rotatable bonds is 0. The van der Waals surface area contributed by atoms with Gasteiger partial charge in [0.25, 0.3) is 0 Å². The molecular weight excluding hydrogens is 104 g/mol. The molecule has 1 aromatic heterocycles. The van der Waals surface area contributed by atoms with Crippen LogP contribution in [0.1, 0.15) is 2.85 Å². The van der Waals surface area contributed by atoms with Gasteiger partial charge in [0.15, 0.2) is 0 Å². The van der Waals surface area contributed by atoms with E-state index in [1.54, 1.807) is 6.20 Å². The van der Waals surface area contributed by atoms with Gasteiger partial charge in [0, 0.05) is 18.5 Å². The van der Waals surface area contributed by atoms with Gasteiger partial charge >= 0.3 is 2.85 Å². The van der Waals surface area contributed by atoms with Gasteiger partial charge in [-0.3, -0.25) is 4.79 Å². The maximum Gasteiger partial charge on any atom is 1.00 e. The molecule has 0 atom stereocenters. The molecule has 42 valence electrons. The summed E-state index contributed by atoms with van der Waals surface area (Å²) < 4.78 is 0. The van der Waals surface area contributed by atoms with Crippen molar-refractivity contribution in [1.82, 2.24) is 4.98 Å². The van der Waals surface area contributed by atoms with Crippen LogP contribution in [-0.2, 0) is 0 Å². The Labute approximate surface area is 49.1 Å². The second-order valence-corrected chi connectivity index (χ2v) is 1.46. The Morgan fingerprint density at radius 1 is 1.75 bits per heavy atom. The molecule has 0 radical (unpaired) electrons. The first-order valence-electron chi connectivity index (χ1n) is 2.23. The topological polar surface area (TPSA) is 58.9 Å². The highest BCUT2D eigenvalue weighted by atomic mass is 16.1. The second-order valence-electron chi connectivity index (χ2n) is 1.46. The zero-order chi connectivity index (χ0) is 5.98. The second kappa shape index (κ2) is 1.69. The molecule has 0 saturated carbocycles. The number of anilines is 1. The Bertz CT molecular complexity index is 235. The zero-order valence-corrected chi connectivity index (χ0v) is 4.22. The van der Waals surface area contributed by atoms with Crippen molar-refractivity contribution in [3.8, 4) is 0 Å². The number of nitrogens with two attached hydrogens (primary N) is 1. The molecule has 0 bridgehead atoms. The first-order valence-corrected chi connectivity index (χ1v) is 2.23. The average Bonchev–Trinajstić information content (AvgIpc) is 1.77. The Hall–Kier alpha value is -1.25. The lowest BCUT2D eigenvalue weighted by molar-refractivity contribution is 1.31. The van der Waals surface area contributed by atoms with Gasteiger partial charge in [-0.05, 0) is 0 Å². The third kappa shape index (κ3) is 0.703. The van der Waals surface area contributed by atoms with Crippen molar-refractivity contribution in [2.24, 2.45) is 0 Å². The fourth-order valence-electron chi connectivity index (χ4n) is 0.429. The van der Waals surface area contributed by atoms with Crippen LogP contribution in [-0.4, -0.2) is 4.98 Å². The number of hydrogen-bond acceptors (Lipinski definition) is 2. The fourth-order valence-corrected chi connectivity index (χ4v) is 0.429. The summed E-state index contributed by atoms with van der Waals surface area (Å²) in [6, 6.07) is 1.38. The molecule has 0 spiro atoms. The van der Waals surface area contributed by atoms with Crippen molar-refractivity contribution in [2.75, 3.05) is 5.73 Å². The van der Waals surface area contributed by atoms with Gasteiger partial charge in [-0.15, -0.1) is 0 Å². The summed E-state index contributed by atoms with van der Waals surface area (Å²) in [7, 11) is 0. The summed E-state index contributed by atoms with van der Waals surface area (Å²) in [5.74, 6) is 0. The first-order chi connectivity index (χ1) is 3.80. The van der Waals surface area contributed by atoms with E-state index < -0.39 is 0 Å². The summed E-state index contributed by atoms with van der Waals surface area (Å²) in [5, 5.41) is 0. The Kier molecular flexibility index (Phi) is 1.04. The number of H-pyrrole nitrogens is 1. The molecule has 0 fully saturated rings. The molecule has 0 aliphatic rings. The van der Waals surface area contributed by atoms with Gasteiger partial charge in [-0.2, -0.15) is 0 Å². The molecule has 1 aromatic rings. The zero-order valence-electron chi connectivity index (χ0n) is 6.22. The van der Waals surface area contributed by atoms with Crippen molar-refractivity contribution in [3.05, 3.63) is 28.7 Å². The molecule has 1 heterocycles. The van der Waals surface area contributed by atoms with E-state index in [-0.39, 0.29) is 14.0 Å². The smallest absolute Gasteiger partial charge is 0.394 e. The van der Waals surface area contributed by atoms with Crippen molar-refractivity contribution < 1.29 is 2.85 Å². The lowest BCUT2D eigenvalue weighted by atomic mass is 10.4. The van der Waals surface area contributed by atoms with Crippen molar-refractivity contribution in [1.29, 1.82) is 0 Å². The van der Waals surface area contributed by atoms with Gasteiger partial charge < -0.3 is 10.7 Å². The number of aromatic amines is 1. The average molecular weight is 112 g/mol. The highest BCUT2D eigenvalue weighted by Gasteiger charge is 1.84. The minimum Gasteiger partial charge on any atom is -0.394 e. The number of aromatic nitrogens is 1. The van der Waals surface area contributed by atoms with Crippen LogP contribution in [0.3, 0.4) is 0 Å². The number of pyridine rings is 1. The van der Waals surface area contributed by atoms with Gasteiger partial charge in [-0.1, -0.05) is 0 Å². The van der Waals surface area contributed by atoms with Crippen molar-refractivity contribution in [3.63, 3.8) is 0 Å². The Morgan fingerprint density at radius 3 is 2.88 bits per heavy atom. The first kappa shape index (κ1) is 4.90. The molecule has 1 rings (SSSR count). The number of nitrogens with one attached hydrogen (secondary N) is 1. The Morgan fingerprint density at radius 2 is 2.50 bits per heavy atom. The van der Waals surface area contributed by atoms with E-state index in [0.29, 0.717) is 0 Å². The number of nitrogen functional groups attached to an aromatic ring is 1. The molecule has 3 nitrogen and oxygen atoms in total. The number of hydrogen-bond donors (Lipinski definition) is 2. The Balaban J connectivity index is 0. The molecule has 0 amide bonds. The van der Waals surface area contributed by atoms with Gasteiger partial charge in [0.05, 0.1) is 5.69 Å². The molecular formula is C5H8N2O+2. The summed E-state index contributed by atoms with van der Waals surface area (Å²) in [6.07, 6.45) is 3.00. The molecule has 3 heteroatoms. The van der Waals surface area contributed by atoms with E-state index in [4.69, 9.17) is 5.73 Å². The van der Waals surface area contributed by atoms with Crippen molar-refractivity contribution in [2.45, 2.75) is 0 Å². The van der Waals surface area contributed by atoms with Crippen LogP contribution >= 0.6 is 0 Å². The summed E-state index contributed by atoms with van der Waals surface area (Å²) in [4.78, 5) is 13.2. The van der Waals surface area contributed by atoms with E-state index in [9.17, 15) is 4.79 Å². The van der Waals surface area contributed by atoms with Crippen LogP contribution in [0.15, 0.2) is 23.3 Å². The molecule has 0 aliphatic heterocycles. The summed E-state index contributed by atoms with van der Waals surface area (Å²) >= 11 is 0. The molecule has 0 aliphatic carbocycles. The molecule has 0 saturated heterocycles. The highest BCUT2D eigenvalue weighted by molar-refractivity contribution is 5.32. The largest absolute Gasteiger partial charge is 1.00 e. The monoisotopic (exact) mass is 112 g/mol. The fraction of sp³-hybridized carbons (Fsp3) is 0. The van der Waals surface area contributed by atoms with Crippen LogP contribution in [0.5, 0.6) is 0 Å². The van der Waals surface area contributed by atoms with E-state index in [0.717, 1.165) is 0 Å². The summed E-state index contributed by atoms with van der Waals surface area (Å²) in [5.41, 5.74) is 5.30. The lowest BCUT2D eigenvalue weighted by Crippen LogP contribution is -2.05. The maximum atomic E-state index is 10.5. The van der Waals surface area contributed by atoms with E-state index >= 15 is 0 Å². The predicted molar refractivity (Wildman–Crippen MR) is 33.7 cm³/mol. The predicted octanol–water partition coefficient (Wildman–Crippen LogP) is 0.182. The molecule has 0 unspecified atom stereocenters. The molecule has 8 heavy (non-hydrogen) atoms. The van der Waals surface area contributed by atoms with Crippen LogP contribution in [0.2, 0.25) is 0 Å². The molecule has 0 aromatic carbocycles. The van der Waals surface area contributed by atoms with Crippen LogP contribution < -0.4 is 11.2 Å². The van der Waals surface area contributed by atoms with Gasteiger partial charge in [-0.25, -0.2) is 0 Å². The van der Waals surface area contributed by atoms with E-state index in [2.05, 4.69) is 4.98 Å². The molecule has 3 N–H and O–H groups in total. The normalized spacial score (nSPS) is 9.00. The maximum absolute atomic E-state index is 10.5. The van der Waals surface area contributed by atoms with Crippen molar-refractivity contribution >= 4 is 5.69 Å². The van der Waals surface area contributed by atoms with Gasteiger partial charge in [0.1, 0.15) is 0 Å². The van der Waals surface area contributed by atoms with E-state index in [1.165, 1.54) is 12.3 Å². The quantitative estimate of drug-likeness (QED) is 0.503. The van der Waals surface area contributed by atoms with Crippen LogP contribution in [0.25, 0.3) is 0 Å². The standard InChI is InChI=1S/C5H6N2O/c6-4-3-7-2-1-5(4)8/h1-3H,6H2,(H,7,8)/p+2. The van der Waals surface area contributed by atoms with Crippen LogP contribution in [0, 0.1) is 0 Å². The van der Waals surface area contributed by atoms with Crippen LogP contribution in [0.4, 0.5) is 5.69 Å². The summed E-state index contributed by atoms with van der Waals surface area (Å²) in [6.45, 7) is 0. The minimum atomic E-state index is -0.135. The SMILES string of the molecule is Nc1c[nH]ccc1=O.[H+].[H+]. The van der Waals surface area contributed by atoms with E-state index in [1.807, 2.05) is 0 Å². The third-order valence-electron chi connectivity index (χ3n) is 0.854. The highest BCUT2D eigenvalue weighted by Crippen LogP contribution is 1.82.